The largest absolute Gasteiger partial charge is 0.478 e. The van der Waals surface area contributed by atoms with Gasteiger partial charge >= 0.3 is 12.1 Å². The lowest BCUT2D eigenvalue weighted by Gasteiger charge is -2.06. The van der Waals surface area contributed by atoms with Crippen molar-refractivity contribution in [1.29, 1.82) is 0 Å². The van der Waals surface area contributed by atoms with Crippen LogP contribution in [-0.4, -0.2) is 16.1 Å². The molecule has 0 radical (unpaired) electrons. The molecule has 72 valence electrons. The maximum absolute atomic E-state index is 12.2. The number of aromatic amines is 1. The Morgan fingerprint density at radius 1 is 1.54 bits per heavy atom. The van der Waals surface area contributed by atoms with Crippen molar-refractivity contribution in [2.45, 2.75) is 13.1 Å². The summed E-state index contributed by atoms with van der Waals surface area (Å²) in [7, 11) is 0. The molecule has 0 saturated heterocycles. The number of aromatic carboxylic acids is 1. The lowest BCUT2D eigenvalue weighted by Crippen LogP contribution is -2.11. The molecular weight excluding hydrogens is 187 g/mol. The van der Waals surface area contributed by atoms with E-state index in [1.165, 1.54) is 6.92 Å². The van der Waals surface area contributed by atoms with Crippen molar-refractivity contribution in [1.82, 2.24) is 4.98 Å². The number of halogens is 3. The summed E-state index contributed by atoms with van der Waals surface area (Å²) in [6.07, 6.45) is -3.79. The van der Waals surface area contributed by atoms with E-state index in [9.17, 15) is 18.0 Å². The maximum atomic E-state index is 12.2. The van der Waals surface area contributed by atoms with Crippen LogP contribution in [0.25, 0.3) is 0 Å². The third-order valence-corrected chi connectivity index (χ3v) is 1.59. The summed E-state index contributed by atoms with van der Waals surface area (Å²) >= 11 is 0. The maximum Gasteiger partial charge on any atom is 0.418 e. The molecule has 0 aromatic carbocycles. The van der Waals surface area contributed by atoms with Crippen molar-refractivity contribution >= 4 is 5.97 Å². The van der Waals surface area contributed by atoms with E-state index in [2.05, 4.69) is 4.98 Å². The number of aryl methyl sites for hydroxylation is 1. The van der Waals surface area contributed by atoms with Crippen LogP contribution in [0.4, 0.5) is 13.2 Å². The monoisotopic (exact) mass is 193 g/mol. The van der Waals surface area contributed by atoms with Crippen molar-refractivity contribution in [3.8, 4) is 0 Å². The molecule has 1 heterocycles. The second kappa shape index (κ2) is 2.79. The third-order valence-electron chi connectivity index (χ3n) is 1.59. The quantitative estimate of drug-likeness (QED) is 0.716. The van der Waals surface area contributed by atoms with Gasteiger partial charge in [-0.15, -0.1) is 0 Å². The van der Waals surface area contributed by atoms with Gasteiger partial charge in [0.25, 0.3) is 0 Å². The number of hydrogen-bond acceptors (Lipinski definition) is 1. The van der Waals surface area contributed by atoms with E-state index >= 15 is 0 Å². The van der Waals surface area contributed by atoms with Gasteiger partial charge in [0, 0.05) is 11.9 Å². The first-order chi connectivity index (χ1) is 5.84. The fourth-order valence-electron chi connectivity index (χ4n) is 1.06. The van der Waals surface area contributed by atoms with Crippen LogP contribution in [0.1, 0.15) is 21.6 Å². The SMILES string of the molecule is Cc1[nH]cc(C(=O)O)c1C(F)(F)F. The third kappa shape index (κ3) is 1.66. The molecule has 1 aromatic rings. The van der Waals surface area contributed by atoms with Crippen LogP contribution in [0.5, 0.6) is 0 Å². The Hall–Kier alpha value is -1.46. The molecular formula is C7H6F3NO2. The normalized spacial score (nSPS) is 11.7. The highest BCUT2D eigenvalue weighted by molar-refractivity contribution is 5.89. The first-order valence-corrected chi connectivity index (χ1v) is 3.32. The first-order valence-electron chi connectivity index (χ1n) is 3.32. The lowest BCUT2D eigenvalue weighted by molar-refractivity contribution is -0.138. The molecule has 0 aliphatic rings. The molecule has 0 amide bonds. The standard InChI is InChI=1S/C7H6F3NO2/c1-3-5(7(8,9)10)4(2-11-3)6(12)13/h2,11H,1H3,(H,12,13). The minimum Gasteiger partial charge on any atom is -0.478 e. The van der Waals surface area contributed by atoms with Gasteiger partial charge in [-0.05, 0) is 6.92 Å². The zero-order valence-electron chi connectivity index (χ0n) is 6.57. The average molecular weight is 193 g/mol. The fraction of sp³-hybridized carbons (Fsp3) is 0.286. The first kappa shape index (κ1) is 9.63. The van der Waals surface area contributed by atoms with Gasteiger partial charge in [0.05, 0.1) is 11.1 Å². The van der Waals surface area contributed by atoms with Crippen LogP contribution >= 0.6 is 0 Å². The number of H-pyrrole nitrogens is 1. The van der Waals surface area contributed by atoms with Crippen molar-refractivity contribution < 1.29 is 23.1 Å². The van der Waals surface area contributed by atoms with Crippen LogP contribution in [0.15, 0.2) is 6.20 Å². The summed E-state index contributed by atoms with van der Waals surface area (Å²) in [5.41, 5.74) is -2.05. The molecule has 0 unspecified atom stereocenters. The summed E-state index contributed by atoms with van der Waals surface area (Å²) in [6.45, 7) is 1.18. The minimum atomic E-state index is -4.63. The molecule has 3 nitrogen and oxygen atoms in total. The predicted molar refractivity (Wildman–Crippen MR) is 37.5 cm³/mol. The molecule has 0 aliphatic carbocycles. The summed E-state index contributed by atoms with van der Waals surface area (Å²) < 4.78 is 36.7. The Labute approximate surface area is 71.2 Å². The zero-order valence-corrected chi connectivity index (χ0v) is 6.57. The second-order valence-electron chi connectivity index (χ2n) is 2.51. The van der Waals surface area contributed by atoms with Gasteiger partial charge in [0.15, 0.2) is 0 Å². The Morgan fingerprint density at radius 2 is 2.08 bits per heavy atom. The van der Waals surface area contributed by atoms with Crippen LogP contribution < -0.4 is 0 Å². The highest BCUT2D eigenvalue weighted by Crippen LogP contribution is 2.34. The van der Waals surface area contributed by atoms with Gasteiger partial charge in [0.1, 0.15) is 0 Å². The number of aromatic nitrogens is 1. The second-order valence-corrected chi connectivity index (χ2v) is 2.51. The Morgan fingerprint density at radius 3 is 2.38 bits per heavy atom. The van der Waals surface area contributed by atoms with Crippen molar-refractivity contribution in [2.75, 3.05) is 0 Å². The Kier molecular flexibility index (Phi) is 2.07. The van der Waals surface area contributed by atoms with E-state index in [0.29, 0.717) is 0 Å². The lowest BCUT2D eigenvalue weighted by atomic mass is 10.1. The molecule has 0 saturated carbocycles. The van der Waals surface area contributed by atoms with E-state index in [-0.39, 0.29) is 5.69 Å². The number of carbonyl (C=O) groups is 1. The molecule has 0 fully saturated rings. The average Bonchev–Trinajstić information content (AvgIpc) is 2.28. The number of nitrogens with one attached hydrogen (secondary N) is 1. The molecule has 1 rings (SSSR count). The molecule has 6 heteroatoms. The zero-order chi connectivity index (χ0) is 10.2. The molecule has 1 aromatic heterocycles. The van der Waals surface area contributed by atoms with Crippen LogP contribution in [0, 0.1) is 6.92 Å². The molecule has 0 bridgehead atoms. The van der Waals surface area contributed by atoms with Gasteiger partial charge in [0.2, 0.25) is 0 Å². The Balaban J connectivity index is 3.33. The topological polar surface area (TPSA) is 53.1 Å². The van der Waals surface area contributed by atoms with E-state index in [4.69, 9.17) is 5.11 Å². The molecule has 0 aliphatic heterocycles. The van der Waals surface area contributed by atoms with E-state index in [0.717, 1.165) is 6.20 Å². The molecule has 2 N–H and O–H groups in total. The van der Waals surface area contributed by atoms with Gasteiger partial charge in [-0.1, -0.05) is 0 Å². The summed E-state index contributed by atoms with van der Waals surface area (Å²) in [5.74, 6) is -1.59. The molecule has 0 atom stereocenters. The van der Waals surface area contributed by atoms with Gasteiger partial charge < -0.3 is 10.1 Å². The van der Waals surface area contributed by atoms with Crippen LogP contribution in [0.2, 0.25) is 0 Å². The molecule has 0 spiro atoms. The number of carboxylic acid groups (broad SMARTS) is 1. The van der Waals surface area contributed by atoms with Gasteiger partial charge in [-0.2, -0.15) is 13.2 Å². The number of carboxylic acids is 1. The van der Waals surface area contributed by atoms with Gasteiger partial charge in [-0.25, -0.2) is 4.79 Å². The van der Waals surface area contributed by atoms with Gasteiger partial charge in [-0.3, -0.25) is 0 Å². The summed E-state index contributed by atoms with van der Waals surface area (Å²) in [5, 5.41) is 8.42. The predicted octanol–water partition coefficient (Wildman–Crippen LogP) is 2.04. The van der Waals surface area contributed by atoms with Crippen molar-refractivity contribution in [3.05, 3.63) is 23.0 Å². The number of hydrogen-bond donors (Lipinski definition) is 2. The van der Waals surface area contributed by atoms with E-state index in [1.807, 2.05) is 0 Å². The van der Waals surface area contributed by atoms with Crippen molar-refractivity contribution in [2.24, 2.45) is 0 Å². The smallest absolute Gasteiger partial charge is 0.418 e. The summed E-state index contributed by atoms with van der Waals surface area (Å²) in [4.78, 5) is 12.6. The Bertz CT molecular complexity index is 340. The number of alkyl halides is 3. The molecule has 13 heavy (non-hydrogen) atoms. The highest BCUT2D eigenvalue weighted by atomic mass is 19.4. The van der Waals surface area contributed by atoms with Crippen LogP contribution in [-0.2, 0) is 6.18 Å². The number of rotatable bonds is 1. The van der Waals surface area contributed by atoms with Crippen molar-refractivity contribution in [3.63, 3.8) is 0 Å². The minimum absolute atomic E-state index is 0.190. The van der Waals surface area contributed by atoms with Crippen LogP contribution in [0.3, 0.4) is 0 Å². The summed E-state index contributed by atoms with van der Waals surface area (Å²) in [6, 6.07) is 0. The highest BCUT2D eigenvalue weighted by Gasteiger charge is 2.38. The van der Waals surface area contributed by atoms with E-state index in [1.54, 1.807) is 0 Å². The fourth-order valence-corrected chi connectivity index (χ4v) is 1.06. The van der Waals surface area contributed by atoms with E-state index < -0.39 is 23.3 Å².